The number of benzene rings is 3. The average molecular weight is 471 g/mol. The predicted molar refractivity (Wildman–Crippen MR) is 136 cm³/mol. The molecule has 1 aromatic heterocycles. The highest BCUT2D eigenvalue weighted by Gasteiger charge is 2.26. The Morgan fingerprint density at radius 3 is 2.79 bits per heavy atom. The minimum absolute atomic E-state index is 0.0387. The molecular formula is C28H26N2O3S. The predicted octanol–water partition coefficient (Wildman–Crippen LogP) is 5.90. The van der Waals surface area contributed by atoms with Crippen molar-refractivity contribution < 1.29 is 14.3 Å². The van der Waals surface area contributed by atoms with Crippen LogP contribution in [0.5, 0.6) is 11.5 Å². The lowest BCUT2D eigenvalue weighted by Crippen LogP contribution is -2.39. The van der Waals surface area contributed by atoms with E-state index in [1.54, 1.807) is 16.2 Å². The van der Waals surface area contributed by atoms with E-state index in [1.165, 1.54) is 5.56 Å². The normalized spacial score (nSPS) is 12.9. The van der Waals surface area contributed by atoms with E-state index in [9.17, 15) is 4.79 Å². The minimum atomic E-state index is -0.0387. The Balaban J connectivity index is 1.28. The first kappa shape index (κ1) is 22.2. The molecule has 0 saturated carbocycles. The molecule has 1 aliphatic rings. The summed E-state index contributed by atoms with van der Waals surface area (Å²) in [5.74, 6) is 1.54. The maximum absolute atomic E-state index is 12.7. The summed E-state index contributed by atoms with van der Waals surface area (Å²) >= 11 is 1.65. The van der Waals surface area contributed by atoms with Crippen molar-refractivity contribution in [2.24, 2.45) is 0 Å². The van der Waals surface area contributed by atoms with Crippen LogP contribution in [0.4, 0.5) is 5.69 Å². The van der Waals surface area contributed by atoms with Crippen molar-refractivity contribution >= 4 is 22.9 Å². The van der Waals surface area contributed by atoms with Crippen LogP contribution in [0, 0.1) is 6.92 Å². The minimum Gasteiger partial charge on any atom is -0.494 e. The van der Waals surface area contributed by atoms with Crippen LogP contribution < -0.4 is 14.4 Å². The van der Waals surface area contributed by atoms with Crippen LogP contribution in [-0.4, -0.2) is 30.6 Å². The Bertz CT molecular complexity index is 1290. The first-order chi connectivity index (χ1) is 16.7. The number of rotatable bonds is 8. The molecule has 0 radical (unpaired) electrons. The number of aryl methyl sites for hydroxylation is 1. The fourth-order valence-corrected chi connectivity index (χ4v) is 4.86. The van der Waals surface area contributed by atoms with Gasteiger partial charge in [0, 0.05) is 23.9 Å². The highest BCUT2D eigenvalue weighted by molar-refractivity contribution is 7.10. The van der Waals surface area contributed by atoms with Crippen LogP contribution in [0.25, 0.3) is 11.3 Å². The Labute approximate surface area is 203 Å². The largest absolute Gasteiger partial charge is 0.494 e. The highest BCUT2D eigenvalue weighted by Crippen LogP contribution is 2.36. The first-order valence-electron chi connectivity index (χ1n) is 11.4. The lowest BCUT2D eigenvalue weighted by atomic mass is 10.1. The number of thiazole rings is 1. The Morgan fingerprint density at radius 2 is 1.94 bits per heavy atom. The first-order valence-corrected chi connectivity index (χ1v) is 12.3. The number of nitrogens with zero attached hydrogens (tertiary/aromatic N) is 2. The number of anilines is 1. The van der Waals surface area contributed by atoms with E-state index in [-0.39, 0.29) is 12.5 Å². The van der Waals surface area contributed by atoms with Crippen LogP contribution in [0.2, 0.25) is 0 Å². The molecule has 6 heteroatoms. The van der Waals surface area contributed by atoms with E-state index in [1.807, 2.05) is 67.6 Å². The Morgan fingerprint density at radius 1 is 1.06 bits per heavy atom. The number of hydrogen-bond acceptors (Lipinski definition) is 5. The molecule has 0 spiro atoms. The van der Waals surface area contributed by atoms with Gasteiger partial charge in [-0.2, -0.15) is 0 Å². The van der Waals surface area contributed by atoms with E-state index in [4.69, 9.17) is 14.5 Å². The zero-order chi connectivity index (χ0) is 23.3. The monoisotopic (exact) mass is 470 g/mol. The zero-order valence-electron chi connectivity index (χ0n) is 19.1. The van der Waals surface area contributed by atoms with Gasteiger partial charge in [-0.25, -0.2) is 4.98 Å². The molecule has 5 rings (SSSR count). The van der Waals surface area contributed by atoms with E-state index in [2.05, 4.69) is 17.5 Å². The molecule has 1 aliphatic heterocycles. The molecular weight excluding hydrogens is 444 g/mol. The van der Waals surface area contributed by atoms with Gasteiger partial charge in [0.15, 0.2) is 6.61 Å². The van der Waals surface area contributed by atoms with Gasteiger partial charge >= 0.3 is 0 Å². The van der Waals surface area contributed by atoms with Gasteiger partial charge in [0.1, 0.15) is 11.5 Å². The second-order valence-electron chi connectivity index (χ2n) is 8.32. The molecule has 2 heterocycles. The van der Waals surface area contributed by atoms with Crippen LogP contribution in [0.3, 0.4) is 0 Å². The standard InChI is InChI=1S/C28H26N2O3S/c1-20-7-5-10-23(15-20)32-14-6-13-30-25-17-22(11-12-26(25)33-18-28(30)31)24-19-34-27(29-24)16-21-8-3-2-4-9-21/h2-5,7-12,15,17,19H,6,13-14,16,18H2,1H3. The zero-order valence-corrected chi connectivity index (χ0v) is 19.9. The molecule has 172 valence electrons. The van der Waals surface area contributed by atoms with Gasteiger partial charge in [0.05, 0.1) is 23.0 Å². The third kappa shape index (κ3) is 5.13. The molecule has 0 N–H and O–H groups in total. The number of carbonyl (C=O) groups excluding carboxylic acids is 1. The quantitative estimate of drug-likeness (QED) is 0.301. The lowest BCUT2D eigenvalue weighted by Gasteiger charge is -2.29. The van der Waals surface area contributed by atoms with Crippen LogP contribution in [0.15, 0.2) is 78.2 Å². The summed E-state index contributed by atoms with van der Waals surface area (Å²) in [4.78, 5) is 19.3. The summed E-state index contributed by atoms with van der Waals surface area (Å²) in [7, 11) is 0. The van der Waals surface area contributed by atoms with Crippen molar-refractivity contribution in [3.63, 3.8) is 0 Å². The van der Waals surface area contributed by atoms with E-state index in [0.717, 1.165) is 51.9 Å². The average Bonchev–Trinajstić information content (AvgIpc) is 3.32. The lowest BCUT2D eigenvalue weighted by molar-refractivity contribution is -0.121. The molecule has 0 fully saturated rings. The van der Waals surface area contributed by atoms with Crippen molar-refractivity contribution in [2.45, 2.75) is 19.8 Å². The molecule has 0 aliphatic carbocycles. The van der Waals surface area contributed by atoms with Gasteiger partial charge < -0.3 is 14.4 Å². The summed E-state index contributed by atoms with van der Waals surface area (Å²) in [6.45, 7) is 3.21. The van der Waals surface area contributed by atoms with Crippen LogP contribution >= 0.6 is 11.3 Å². The van der Waals surface area contributed by atoms with Gasteiger partial charge in [-0.1, -0.05) is 42.5 Å². The summed E-state index contributed by atoms with van der Waals surface area (Å²) in [5, 5.41) is 3.14. The van der Waals surface area contributed by atoms with Gasteiger partial charge in [-0.15, -0.1) is 11.3 Å². The molecule has 4 aromatic rings. The molecule has 1 amide bonds. The summed E-state index contributed by atoms with van der Waals surface area (Å²) < 4.78 is 11.6. The van der Waals surface area contributed by atoms with Crippen molar-refractivity contribution in [3.05, 3.63) is 94.3 Å². The van der Waals surface area contributed by atoms with E-state index >= 15 is 0 Å². The van der Waals surface area contributed by atoms with Crippen molar-refractivity contribution in [1.29, 1.82) is 0 Å². The fraction of sp³-hybridized carbons (Fsp3) is 0.214. The fourth-order valence-electron chi connectivity index (χ4n) is 4.02. The number of fused-ring (bicyclic) bond motifs is 1. The third-order valence-electron chi connectivity index (χ3n) is 5.73. The molecule has 0 bridgehead atoms. The van der Waals surface area contributed by atoms with Crippen LogP contribution in [0.1, 0.15) is 22.6 Å². The number of aromatic nitrogens is 1. The third-order valence-corrected chi connectivity index (χ3v) is 6.58. The number of ether oxygens (including phenoxy) is 2. The van der Waals surface area contributed by atoms with E-state index < -0.39 is 0 Å². The summed E-state index contributed by atoms with van der Waals surface area (Å²) in [6.07, 6.45) is 1.53. The van der Waals surface area contributed by atoms with Gasteiger partial charge in [-0.05, 0) is 54.8 Å². The SMILES string of the molecule is Cc1cccc(OCCCN2C(=O)COc3ccc(-c4csc(Cc5ccccc5)n4)cc32)c1. The topological polar surface area (TPSA) is 51.7 Å². The van der Waals surface area contributed by atoms with Gasteiger partial charge in [0.2, 0.25) is 0 Å². The highest BCUT2D eigenvalue weighted by atomic mass is 32.1. The molecule has 0 saturated heterocycles. The smallest absolute Gasteiger partial charge is 0.265 e. The van der Waals surface area contributed by atoms with E-state index in [0.29, 0.717) is 13.2 Å². The molecule has 0 unspecified atom stereocenters. The summed E-state index contributed by atoms with van der Waals surface area (Å²) in [6, 6.07) is 24.3. The van der Waals surface area contributed by atoms with Crippen LogP contribution in [-0.2, 0) is 11.2 Å². The number of hydrogen-bond donors (Lipinski definition) is 0. The second-order valence-corrected chi connectivity index (χ2v) is 9.27. The molecule has 5 nitrogen and oxygen atoms in total. The summed E-state index contributed by atoms with van der Waals surface area (Å²) in [5.41, 5.74) is 5.10. The number of amides is 1. The van der Waals surface area contributed by atoms with Gasteiger partial charge in [0.25, 0.3) is 5.91 Å². The van der Waals surface area contributed by atoms with Crippen molar-refractivity contribution in [1.82, 2.24) is 4.98 Å². The Kier molecular flexibility index (Phi) is 6.58. The second kappa shape index (κ2) is 10.1. The van der Waals surface area contributed by atoms with Gasteiger partial charge in [-0.3, -0.25) is 4.79 Å². The Hall–Kier alpha value is -3.64. The molecule has 34 heavy (non-hydrogen) atoms. The number of carbonyl (C=O) groups is 1. The molecule has 3 aromatic carbocycles. The maximum atomic E-state index is 12.7. The maximum Gasteiger partial charge on any atom is 0.265 e. The molecule has 0 atom stereocenters. The van der Waals surface area contributed by atoms with Crippen molar-refractivity contribution in [3.8, 4) is 22.8 Å². The van der Waals surface area contributed by atoms with Crippen molar-refractivity contribution in [2.75, 3.05) is 24.7 Å².